The van der Waals surface area contributed by atoms with Gasteiger partial charge in [-0.05, 0) is 30.7 Å². The number of rotatable bonds is 4. The van der Waals surface area contributed by atoms with Crippen molar-refractivity contribution in [3.63, 3.8) is 0 Å². The van der Waals surface area contributed by atoms with Crippen molar-refractivity contribution < 1.29 is 4.79 Å². The van der Waals surface area contributed by atoms with Gasteiger partial charge in [-0.3, -0.25) is 9.69 Å². The quantitative estimate of drug-likeness (QED) is 0.833. The van der Waals surface area contributed by atoms with Gasteiger partial charge in [0.05, 0.1) is 5.69 Å². The molecule has 0 radical (unpaired) electrons. The highest BCUT2D eigenvalue weighted by molar-refractivity contribution is 7.15. The first kappa shape index (κ1) is 17.9. The van der Waals surface area contributed by atoms with Crippen LogP contribution in [-0.4, -0.2) is 46.9 Å². The Kier molecular flexibility index (Phi) is 5.73. The fraction of sp³-hybridized carbons (Fsp3) is 0.333. The molecule has 5 nitrogen and oxygen atoms in total. The van der Waals surface area contributed by atoms with Gasteiger partial charge in [-0.25, -0.2) is 4.98 Å². The number of benzene rings is 1. The second-order valence-corrected chi connectivity index (χ2v) is 7.60. The van der Waals surface area contributed by atoms with E-state index < -0.39 is 0 Å². The predicted octanol–water partition coefficient (Wildman–Crippen LogP) is 3.04. The van der Waals surface area contributed by atoms with Crippen molar-refractivity contribution in [2.45, 2.75) is 13.5 Å². The van der Waals surface area contributed by atoms with Crippen molar-refractivity contribution in [3.05, 3.63) is 51.5 Å². The van der Waals surface area contributed by atoms with Gasteiger partial charge in [0, 0.05) is 48.7 Å². The van der Waals surface area contributed by atoms with E-state index in [4.69, 9.17) is 17.3 Å². The number of nitrogen functional groups attached to an aromatic ring is 1. The summed E-state index contributed by atoms with van der Waals surface area (Å²) in [7, 11) is 0. The van der Waals surface area contributed by atoms with Crippen LogP contribution in [0.25, 0.3) is 6.08 Å². The first-order chi connectivity index (χ1) is 12.0. The van der Waals surface area contributed by atoms with Gasteiger partial charge in [0.25, 0.3) is 0 Å². The van der Waals surface area contributed by atoms with Gasteiger partial charge in [-0.2, -0.15) is 0 Å². The van der Waals surface area contributed by atoms with Gasteiger partial charge in [-0.1, -0.05) is 23.7 Å². The topological polar surface area (TPSA) is 62.5 Å². The largest absolute Gasteiger partial charge is 0.375 e. The Morgan fingerprint density at radius 2 is 1.96 bits per heavy atom. The lowest BCUT2D eigenvalue weighted by Crippen LogP contribution is -2.47. The van der Waals surface area contributed by atoms with Crippen molar-refractivity contribution in [2.24, 2.45) is 0 Å². The number of thiazole rings is 1. The molecule has 25 heavy (non-hydrogen) atoms. The van der Waals surface area contributed by atoms with E-state index in [1.54, 1.807) is 17.4 Å². The summed E-state index contributed by atoms with van der Waals surface area (Å²) in [5, 5.41) is 1.31. The number of piperazine rings is 1. The smallest absolute Gasteiger partial charge is 0.246 e. The molecule has 7 heteroatoms. The fourth-order valence-corrected chi connectivity index (χ4v) is 3.77. The molecule has 1 aliphatic rings. The van der Waals surface area contributed by atoms with Crippen LogP contribution >= 0.6 is 22.9 Å². The van der Waals surface area contributed by atoms with Crippen LogP contribution in [0.2, 0.25) is 5.02 Å². The molecule has 1 amide bonds. The van der Waals surface area contributed by atoms with E-state index in [1.165, 1.54) is 4.88 Å². The Bertz CT molecular complexity index is 764. The summed E-state index contributed by atoms with van der Waals surface area (Å²) in [6, 6.07) is 7.43. The molecule has 132 valence electrons. The summed E-state index contributed by atoms with van der Waals surface area (Å²) in [5.41, 5.74) is 7.73. The number of nitrogens with two attached hydrogens (primary N) is 1. The van der Waals surface area contributed by atoms with E-state index in [0.29, 0.717) is 10.2 Å². The van der Waals surface area contributed by atoms with Crippen LogP contribution in [0, 0.1) is 6.92 Å². The molecule has 2 N–H and O–H groups in total. The van der Waals surface area contributed by atoms with Crippen LogP contribution < -0.4 is 5.73 Å². The minimum absolute atomic E-state index is 0.0489. The number of carbonyl (C=O) groups is 1. The van der Waals surface area contributed by atoms with Crippen molar-refractivity contribution in [2.75, 3.05) is 31.9 Å². The minimum Gasteiger partial charge on any atom is -0.375 e. The zero-order valence-electron chi connectivity index (χ0n) is 14.1. The number of hydrogen-bond acceptors (Lipinski definition) is 5. The van der Waals surface area contributed by atoms with Crippen molar-refractivity contribution in [3.8, 4) is 0 Å². The fourth-order valence-electron chi connectivity index (χ4n) is 2.77. The van der Waals surface area contributed by atoms with Gasteiger partial charge < -0.3 is 10.6 Å². The normalized spacial score (nSPS) is 15.8. The van der Waals surface area contributed by atoms with E-state index in [-0.39, 0.29) is 5.91 Å². The van der Waals surface area contributed by atoms with E-state index in [2.05, 4.69) is 9.88 Å². The SMILES string of the molecule is Cc1nc(N)sc1CN1CCN(C(=O)/C=C/c2ccc(Cl)cc2)CC1. The molecule has 1 saturated heterocycles. The van der Waals surface area contributed by atoms with Gasteiger partial charge in [0.15, 0.2) is 5.13 Å². The zero-order chi connectivity index (χ0) is 17.8. The second-order valence-electron chi connectivity index (χ2n) is 6.05. The first-order valence-electron chi connectivity index (χ1n) is 8.18. The Morgan fingerprint density at radius 3 is 2.56 bits per heavy atom. The molecule has 0 saturated carbocycles. The molecule has 0 unspecified atom stereocenters. The summed E-state index contributed by atoms with van der Waals surface area (Å²) in [6.07, 6.45) is 3.46. The molecule has 2 aromatic rings. The van der Waals surface area contributed by atoms with Crippen LogP contribution in [0.5, 0.6) is 0 Å². The average Bonchev–Trinajstić information content (AvgIpc) is 2.92. The third-order valence-electron chi connectivity index (χ3n) is 4.25. The minimum atomic E-state index is 0.0489. The van der Waals surface area contributed by atoms with Crippen molar-refractivity contribution in [1.29, 1.82) is 0 Å². The number of aromatic nitrogens is 1. The third-order valence-corrected chi connectivity index (χ3v) is 5.47. The van der Waals surface area contributed by atoms with Gasteiger partial charge in [-0.15, -0.1) is 11.3 Å². The maximum Gasteiger partial charge on any atom is 0.246 e. The molecular formula is C18H21ClN4OS. The second kappa shape index (κ2) is 7.99. The lowest BCUT2D eigenvalue weighted by Gasteiger charge is -2.34. The first-order valence-corrected chi connectivity index (χ1v) is 9.37. The molecule has 1 aromatic carbocycles. The number of nitrogens with zero attached hydrogens (tertiary/aromatic N) is 3. The van der Waals surface area contributed by atoms with E-state index in [9.17, 15) is 4.79 Å². The summed E-state index contributed by atoms with van der Waals surface area (Å²) in [6.45, 7) is 6.02. The van der Waals surface area contributed by atoms with E-state index >= 15 is 0 Å². The maximum atomic E-state index is 12.3. The standard InChI is InChI=1S/C18H21ClN4OS/c1-13-16(25-18(20)21-13)12-22-8-10-23(11-9-22)17(24)7-4-14-2-5-15(19)6-3-14/h2-7H,8-12H2,1H3,(H2,20,21)/b7-4+. The van der Waals surface area contributed by atoms with Gasteiger partial charge >= 0.3 is 0 Å². The average molecular weight is 377 g/mol. The van der Waals surface area contributed by atoms with E-state index in [1.807, 2.05) is 42.2 Å². The summed E-state index contributed by atoms with van der Waals surface area (Å²) in [4.78, 5) is 22.0. The number of hydrogen-bond donors (Lipinski definition) is 1. The lowest BCUT2D eigenvalue weighted by atomic mass is 10.2. The Labute approximate surface area is 156 Å². The summed E-state index contributed by atoms with van der Waals surface area (Å²) >= 11 is 7.41. The number of halogens is 1. The monoisotopic (exact) mass is 376 g/mol. The molecule has 1 aliphatic heterocycles. The van der Waals surface area contributed by atoms with Crippen molar-refractivity contribution in [1.82, 2.24) is 14.8 Å². The summed E-state index contributed by atoms with van der Waals surface area (Å²) in [5.74, 6) is 0.0489. The highest BCUT2D eigenvalue weighted by atomic mass is 35.5. The molecule has 0 bridgehead atoms. The Hall–Kier alpha value is -1.89. The van der Waals surface area contributed by atoms with Crippen LogP contribution in [0.4, 0.5) is 5.13 Å². The number of aryl methyl sites for hydroxylation is 1. The lowest BCUT2D eigenvalue weighted by molar-refractivity contribution is -0.127. The molecule has 0 aliphatic carbocycles. The number of anilines is 1. The van der Waals surface area contributed by atoms with Crippen LogP contribution in [0.1, 0.15) is 16.1 Å². The Morgan fingerprint density at radius 1 is 1.28 bits per heavy atom. The highest BCUT2D eigenvalue weighted by Gasteiger charge is 2.20. The number of amides is 1. The molecule has 2 heterocycles. The van der Waals surface area contributed by atoms with Gasteiger partial charge in [0.2, 0.25) is 5.91 Å². The zero-order valence-corrected chi connectivity index (χ0v) is 15.7. The molecular weight excluding hydrogens is 356 g/mol. The molecule has 0 atom stereocenters. The van der Waals surface area contributed by atoms with Gasteiger partial charge in [0.1, 0.15) is 0 Å². The molecule has 0 spiro atoms. The number of carbonyl (C=O) groups excluding carboxylic acids is 1. The summed E-state index contributed by atoms with van der Waals surface area (Å²) < 4.78 is 0. The van der Waals surface area contributed by atoms with Crippen LogP contribution in [0.15, 0.2) is 30.3 Å². The molecule has 1 aromatic heterocycles. The Balaban J connectivity index is 1.50. The van der Waals surface area contributed by atoms with Crippen molar-refractivity contribution >= 4 is 40.1 Å². The maximum absolute atomic E-state index is 12.3. The van der Waals surface area contributed by atoms with Crippen LogP contribution in [-0.2, 0) is 11.3 Å². The third kappa shape index (κ3) is 4.81. The molecule has 1 fully saturated rings. The molecule has 3 rings (SSSR count). The van der Waals surface area contributed by atoms with Crippen LogP contribution in [0.3, 0.4) is 0 Å². The highest BCUT2D eigenvalue weighted by Crippen LogP contribution is 2.22. The van der Waals surface area contributed by atoms with E-state index in [0.717, 1.165) is 44.0 Å². The predicted molar refractivity (Wildman–Crippen MR) is 104 cm³/mol.